The first-order chi connectivity index (χ1) is 6.56. The minimum Gasteiger partial charge on any atom is -0.225 e. The first kappa shape index (κ1) is 10.8. The van der Waals surface area contributed by atoms with Gasteiger partial charge < -0.3 is 0 Å². The molecule has 0 aliphatic heterocycles. The molecule has 0 fully saturated rings. The Morgan fingerprint density at radius 3 is 2.57 bits per heavy atom. The molecule has 14 heavy (non-hydrogen) atoms. The Morgan fingerprint density at radius 2 is 2.07 bits per heavy atom. The number of nitriles is 1. The van der Waals surface area contributed by atoms with E-state index in [2.05, 4.69) is 9.97 Å². The Labute approximate surface area is 85.6 Å². The largest absolute Gasteiger partial charge is 0.244 e. The number of hydrogen-bond acceptors (Lipinski definition) is 5. The van der Waals surface area contributed by atoms with E-state index in [0.717, 1.165) is 12.4 Å². The molecule has 1 aromatic heterocycles. The second-order valence-electron chi connectivity index (χ2n) is 2.17. The lowest BCUT2D eigenvalue weighted by atomic mass is 10.7. The summed E-state index contributed by atoms with van der Waals surface area (Å²) in [6, 6.07) is 1.65. The van der Waals surface area contributed by atoms with Crippen LogP contribution in [0.25, 0.3) is 0 Å². The maximum Gasteiger partial charge on any atom is 0.244 e. The monoisotopic (exact) mass is 232 g/mol. The van der Waals surface area contributed by atoms with Crippen molar-refractivity contribution in [3.8, 4) is 6.07 Å². The predicted octanol–water partition coefficient (Wildman–Crippen LogP) is -0.0681. The summed E-state index contributed by atoms with van der Waals surface area (Å²) in [5.74, 6) is 0. The van der Waals surface area contributed by atoms with Gasteiger partial charge in [-0.2, -0.15) is 9.98 Å². The van der Waals surface area contributed by atoms with Crippen molar-refractivity contribution in [2.24, 2.45) is 0 Å². The fourth-order valence-corrected chi connectivity index (χ4v) is 1.55. The molecule has 0 bridgehead atoms. The highest BCUT2D eigenvalue weighted by Gasteiger charge is 2.13. The molecule has 0 aromatic carbocycles. The van der Waals surface area contributed by atoms with Crippen LogP contribution in [0, 0.1) is 11.3 Å². The number of aromatic nitrogens is 2. The molecule has 74 valence electrons. The van der Waals surface area contributed by atoms with Crippen LogP contribution in [0.3, 0.4) is 0 Å². The summed E-state index contributed by atoms with van der Waals surface area (Å²) in [7, 11) is -3.70. The third-order valence-corrected chi connectivity index (χ3v) is 2.80. The molecular formula is C6H5ClN4O2S. The number of nitrogens with zero attached hydrogens (tertiary/aromatic N) is 3. The van der Waals surface area contributed by atoms with Gasteiger partial charge >= 0.3 is 0 Å². The number of rotatable bonds is 3. The molecule has 0 saturated heterocycles. The van der Waals surface area contributed by atoms with Crippen molar-refractivity contribution in [1.29, 1.82) is 5.26 Å². The van der Waals surface area contributed by atoms with Gasteiger partial charge in [0.25, 0.3) is 0 Å². The lowest BCUT2D eigenvalue weighted by Gasteiger charge is -2.01. The third kappa shape index (κ3) is 2.63. The summed E-state index contributed by atoms with van der Waals surface area (Å²) >= 11 is 5.38. The maximum atomic E-state index is 11.3. The average molecular weight is 233 g/mol. The van der Waals surface area contributed by atoms with Gasteiger partial charge in [-0.25, -0.2) is 18.4 Å². The lowest BCUT2D eigenvalue weighted by Crippen LogP contribution is -2.24. The number of sulfonamides is 1. The van der Waals surface area contributed by atoms with Crippen molar-refractivity contribution in [3.05, 3.63) is 17.7 Å². The normalized spacial score (nSPS) is 10.9. The first-order valence-electron chi connectivity index (χ1n) is 3.40. The zero-order valence-electron chi connectivity index (χ0n) is 6.81. The van der Waals surface area contributed by atoms with Crippen LogP contribution in [0.5, 0.6) is 0 Å². The van der Waals surface area contributed by atoms with Gasteiger partial charge in [0.1, 0.15) is 4.90 Å². The fraction of sp³-hybridized carbons (Fsp3) is 0.167. The fourth-order valence-electron chi connectivity index (χ4n) is 0.650. The van der Waals surface area contributed by atoms with Gasteiger partial charge in [-0.05, 0) is 11.6 Å². The molecule has 1 N–H and O–H groups in total. The van der Waals surface area contributed by atoms with Crippen LogP contribution in [-0.2, 0) is 10.0 Å². The van der Waals surface area contributed by atoms with Gasteiger partial charge in [0.15, 0.2) is 0 Å². The molecule has 1 heterocycles. The summed E-state index contributed by atoms with van der Waals surface area (Å²) in [5, 5.41) is 8.15. The number of nitrogens with one attached hydrogen (secondary N) is 1. The van der Waals surface area contributed by atoms with Crippen molar-refractivity contribution < 1.29 is 8.42 Å². The summed E-state index contributed by atoms with van der Waals surface area (Å²) in [4.78, 5) is 6.88. The Hall–Kier alpha value is -1.23. The highest BCUT2D eigenvalue weighted by Crippen LogP contribution is 2.06. The maximum absolute atomic E-state index is 11.3. The van der Waals surface area contributed by atoms with E-state index in [-0.39, 0.29) is 16.7 Å². The summed E-state index contributed by atoms with van der Waals surface area (Å²) in [6.45, 7) is -0.301. The zero-order valence-corrected chi connectivity index (χ0v) is 8.38. The number of halogens is 1. The van der Waals surface area contributed by atoms with Crippen LogP contribution < -0.4 is 4.72 Å². The van der Waals surface area contributed by atoms with Gasteiger partial charge in [-0.3, -0.25) is 0 Å². The molecule has 0 atom stereocenters. The molecule has 1 rings (SSSR count). The highest BCUT2D eigenvalue weighted by atomic mass is 35.5. The van der Waals surface area contributed by atoms with Crippen LogP contribution in [-0.4, -0.2) is 24.9 Å². The van der Waals surface area contributed by atoms with Crippen LogP contribution in [0.1, 0.15) is 0 Å². The molecule has 0 amide bonds. The van der Waals surface area contributed by atoms with Crippen LogP contribution in [0.4, 0.5) is 0 Å². The van der Waals surface area contributed by atoms with E-state index in [1.54, 1.807) is 6.07 Å². The van der Waals surface area contributed by atoms with Crippen LogP contribution >= 0.6 is 11.6 Å². The Morgan fingerprint density at radius 1 is 1.50 bits per heavy atom. The minimum absolute atomic E-state index is 0.0377. The minimum atomic E-state index is -3.70. The standard InChI is InChI=1S/C6H5ClN4O2S/c7-6-9-3-5(4-10-6)14(12,13)11-2-1-8/h3-4,11H,2H2. The molecular weight excluding hydrogens is 228 g/mol. The molecule has 0 saturated carbocycles. The molecule has 0 aliphatic carbocycles. The van der Waals surface area contributed by atoms with Gasteiger partial charge in [-0.1, -0.05) is 0 Å². The van der Waals surface area contributed by atoms with E-state index in [0.29, 0.717) is 0 Å². The summed E-state index contributed by atoms with van der Waals surface area (Å²) < 4.78 is 24.7. The second kappa shape index (κ2) is 4.32. The van der Waals surface area contributed by atoms with E-state index >= 15 is 0 Å². The molecule has 1 aromatic rings. The summed E-state index contributed by atoms with van der Waals surface area (Å²) in [6.07, 6.45) is 2.13. The van der Waals surface area contributed by atoms with Crippen LogP contribution in [0.15, 0.2) is 17.3 Å². The van der Waals surface area contributed by atoms with Crippen LogP contribution in [0.2, 0.25) is 5.28 Å². The molecule has 6 nitrogen and oxygen atoms in total. The van der Waals surface area contributed by atoms with Crippen molar-refractivity contribution in [2.45, 2.75) is 4.90 Å². The molecule has 0 radical (unpaired) electrons. The SMILES string of the molecule is N#CCNS(=O)(=O)c1cnc(Cl)nc1. The lowest BCUT2D eigenvalue weighted by molar-refractivity contribution is 0.585. The second-order valence-corrected chi connectivity index (χ2v) is 4.28. The average Bonchev–Trinajstić information content (AvgIpc) is 2.16. The quantitative estimate of drug-likeness (QED) is 0.581. The van der Waals surface area contributed by atoms with E-state index in [1.807, 2.05) is 4.72 Å². The third-order valence-electron chi connectivity index (χ3n) is 1.25. The summed E-state index contributed by atoms with van der Waals surface area (Å²) in [5.41, 5.74) is 0. The van der Waals surface area contributed by atoms with Gasteiger partial charge in [0, 0.05) is 0 Å². The molecule has 0 spiro atoms. The van der Waals surface area contributed by atoms with E-state index < -0.39 is 10.0 Å². The smallest absolute Gasteiger partial charge is 0.225 e. The van der Waals surface area contributed by atoms with Gasteiger partial charge in [0.2, 0.25) is 15.3 Å². The van der Waals surface area contributed by atoms with E-state index in [1.165, 1.54) is 0 Å². The number of hydrogen-bond donors (Lipinski definition) is 1. The topological polar surface area (TPSA) is 95.7 Å². The molecule has 0 aliphatic rings. The van der Waals surface area contributed by atoms with E-state index in [4.69, 9.17) is 16.9 Å². The molecule has 0 unspecified atom stereocenters. The van der Waals surface area contributed by atoms with Crippen molar-refractivity contribution in [2.75, 3.05) is 6.54 Å². The Bertz CT molecular complexity index is 450. The van der Waals surface area contributed by atoms with Crippen molar-refractivity contribution in [3.63, 3.8) is 0 Å². The van der Waals surface area contributed by atoms with Gasteiger partial charge in [0.05, 0.1) is 25.0 Å². The Kier molecular flexibility index (Phi) is 3.35. The predicted molar refractivity (Wildman–Crippen MR) is 47.8 cm³/mol. The van der Waals surface area contributed by atoms with Crippen molar-refractivity contribution >= 4 is 21.6 Å². The van der Waals surface area contributed by atoms with Gasteiger partial charge in [-0.15, -0.1) is 0 Å². The Balaban J connectivity index is 2.94. The zero-order chi connectivity index (χ0) is 10.6. The highest BCUT2D eigenvalue weighted by molar-refractivity contribution is 7.89. The first-order valence-corrected chi connectivity index (χ1v) is 5.26. The van der Waals surface area contributed by atoms with Crippen molar-refractivity contribution in [1.82, 2.24) is 14.7 Å². The van der Waals surface area contributed by atoms with E-state index in [9.17, 15) is 8.42 Å². The molecule has 8 heteroatoms.